The maximum Gasteiger partial charge on any atom is 0.265 e. The number of rotatable bonds is 4. The number of hydrogen-bond acceptors (Lipinski definition) is 5. The van der Waals surface area contributed by atoms with Gasteiger partial charge in [-0.3, -0.25) is 9.59 Å². The second kappa shape index (κ2) is 8.68. The van der Waals surface area contributed by atoms with Crippen LogP contribution in [0.2, 0.25) is 5.02 Å². The first kappa shape index (κ1) is 22.5. The van der Waals surface area contributed by atoms with Crippen molar-refractivity contribution in [2.24, 2.45) is 5.92 Å². The minimum Gasteiger partial charge on any atom is -0.479 e. The molecule has 1 fully saturated rings. The van der Waals surface area contributed by atoms with Crippen LogP contribution < -0.4 is 15.4 Å². The van der Waals surface area contributed by atoms with Gasteiger partial charge < -0.3 is 15.4 Å². The minimum atomic E-state index is -3.81. The normalized spacial score (nSPS) is 19.6. The Kier molecular flexibility index (Phi) is 6.11. The van der Waals surface area contributed by atoms with E-state index in [4.69, 9.17) is 16.3 Å². The Bertz CT molecular complexity index is 1180. The first-order valence-corrected chi connectivity index (χ1v) is 11.8. The second-order valence-corrected chi connectivity index (χ2v) is 10.0. The van der Waals surface area contributed by atoms with Crippen LogP contribution in [0, 0.1) is 11.7 Å². The third-order valence-electron chi connectivity index (χ3n) is 5.53. The van der Waals surface area contributed by atoms with Crippen LogP contribution in [0.4, 0.5) is 15.8 Å². The standard InChI is InChI=1S/C21H21ClFN3O5S/c1-12-20(27)25-18-11-15(3-5-19(18)31-12)32(29,30)26-8-6-13(7-9-26)21(28)24-14-2-4-17(23)16(22)10-14/h2-5,10-13H,6-9H2,1H3,(H,24,28)(H,25,27)/t12-/m1/s1. The Morgan fingerprint density at radius 2 is 1.94 bits per heavy atom. The number of nitrogens with zero attached hydrogens (tertiary/aromatic N) is 1. The molecule has 2 aromatic rings. The fraction of sp³-hybridized carbons (Fsp3) is 0.333. The van der Waals surface area contributed by atoms with Crippen molar-refractivity contribution in [3.8, 4) is 5.75 Å². The number of carbonyl (C=O) groups excluding carboxylic acids is 2. The van der Waals surface area contributed by atoms with Gasteiger partial charge in [0.2, 0.25) is 15.9 Å². The SMILES string of the molecule is C[C@H]1Oc2ccc(S(=O)(=O)N3CCC(C(=O)Nc4ccc(F)c(Cl)c4)CC3)cc2NC1=O. The number of sulfonamides is 1. The molecule has 170 valence electrons. The summed E-state index contributed by atoms with van der Waals surface area (Å²) in [5.41, 5.74) is 0.686. The molecule has 1 atom stereocenters. The van der Waals surface area contributed by atoms with E-state index in [2.05, 4.69) is 10.6 Å². The molecule has 8 nitrogen and oxygen atoms in total. The number of amides is 2. The zero-order valence-corrected chi connectivity index (χ0v) is 18.7. The molecule has 0 radical (unpaired) electrons. The number of carbonyl (C=O) groups is 2. The van der Waals surface area contributed by atoms with E-state index in [0.29, 0.717) is 30.0 Å². The lowest BCUT2D eigenvalue weighted by Crippen LogP contribution is -2.41. The van der Waals surface area contributed by atoms with Crippen LogP contribution in [0.3, 0.4) is 0 Å². The van der Waals surface area contributed by atoms with Crippen LogP contribution in [-0.2, 0) is 19.6 Å². The molecule has 0 saturated carbocycles. The van der Waals surface area contributed by atoms with Crippen molar-refractivity contribution in [2.75, 3.05) is 23.7 Å². The molecular formula is C21H21ClFN3O5S. The van der Waals surface area contributed by atoms with Gasteiger partial charge in [-0.1, -0.05) is 11.6 Å². The van der Waals surface area contributed by atoms with Gasteiger partial charge in [0.05, 0.1) is 15.6 Å². The number of piperidine rings is 1. The predicted octanol–water partition coefficient (Wildman–Crippen LogP) is 3.24. The number of benzene rings is 2. The van der Waals surface area contributed by atoms with E-state index in [1.807, 2.05) is 0 Å². The zero-order chi connectivity index (χ0) is 23.0. The summed E-state index contributed by atoms with van der Waals surface area (Å²) in [5.74, 6) is -1.17. The van der Waals surface area contributed by atoms with E-state index in [0.717, 1.165) is 0 Å². The van der Waals surface area contributed by atoms with E-state index in [1.165, 1.54) is 40.7 Å². The Balaban J connectivity index is 1.41. The summed E-state index contributed by atoms with van der Waals surface area (Å²) < 4.78 is 46.2. The molecule has 0 aromatic heterocycles. The summed E-state index contributed by atoms with van der Waals surface area (Å²) >= 11 is 5.74. The van der Waals surface area contributed by atoms with Gasteiger partial charge in [0.1, 0.15) is 11.6 Å². The van der Waals surface area contributed by atoms with Gasteiger partial charge in [0.25, 0.3) is 5.91 Å². The van der Waals surface area contributed by atoms with E-state index >= 15 is 0 Å². The first-order valence-electron chi connectivity index (χ1n) is 10.0. The Morgan fingerprint density at radius 3 is 2.62 bits per heavy atom. The van der Waals surface area contributed by atoms with E-state index in [-0.39, 0.29) is 40.7 Å². The van der Waals surface area contributed by atoms with Crippen molar-refractivity contribution in [2.45, 2.75) is 30.8 Å². The van der Waals surface area contributed by atoms with Gasteiger partial charge in [-0.05, 0) is 56.2 Å². The third kappa shape index (κ3) is 4.43. The van der Waals surface area contributed by atoms with E-state index in [1.54, 1.807) is 6.92 Å². The minimum absolute atomic E-state index is 0.0403. The number of halogens is 2. The maximum atomic E-state index is 13.3. The molecule has 2 heterocycles. The number of fused-ring (bicyclic) bond motifs is 1. The van der Waals surface area contributed by atoms with Crippen molar-refractivity contribution in [3.63, 3.8) is 0 Å². The Labute approximate surface area is 189 Å². The predicted molar refractivity (Wildman–Crippen MR) is 117 cm³/mol. The fourth-order valence-corrected chi connectivity index (χ4v) is 5.35. The van der Waals surface area contributed by atoms with Crippen molar-refractivity contribution < 1.29 is 27.1 Å². The lowest BCUT2D eigenvalue weighted by atomic mass is 9.97. The van der Waals surface area contributed by atoms with Crippen LogP contribution in [-0.4, -0.2) is 43.7 Å². The van der Waals surface area contributed by atoms with Gasteiger partial charge in [0, 0.05) is 24.7 Å². The van der Waals surface area contributed by atoms with Crippen LogP contribution in [0.1, 0.15) is 19.8 Å². The number of nitrogens with one attached hydrogen (secondary N) is 2. The highest BCUT2D eigenvalue weighted by Gasteiger charge is 2.33. The van der Waals surface area contributed by atoms with Crippen LogP contribution >= 0.6 is 11.6 Å². The number of anilines is 2. The highest BCUT2D eigenvalue weighted by atomic mass is 35.5. The smallest absolute Gasteiger partial charge is 0.265 e. The topological polar surface area (TPSA) is 105 Å². The molecule has 0 aliphatic carbocycles. The zero-order valence-electron chi connectivity index (χ0n) is 17.1. The van der Waals surface area contributed by atoms with Crippen LogP contribution in [0.15, 0.2) is 41.3 Å². The van der Waals surface area contributed by atoms with Gasteiger partial charge >= 0.3 is 0 Å². The molecule has 2 amide bonds. The van der Waals surface area contributed by atoms with Crippen molar-refractivity contribution in [1.82, 2.24) is 4.31 Å². The highest BCUT2D eigenvalue weighted by molar-refractivity contribution is 7.89. The van der Waals surface area contributed by atoms with Crippen molar-refractivity contribution >= 4 is 44.8 Å². The summed E-state index contributed by atoms with van der Waals surface area (Å²) in [5, 5.41) is 5.25. The van der Waals surface area contributed by atoms with Crippen molar-refractivity contribution in [1.29, 1.82) is 0 Å². The molecule has 2 N–H and O–H groups in total. The number of hydrogen-bond donors (Lipinski definition) is 2. The summed E-state index contributed by atoms with van der Waals surface area (Å²) in [7, 11) is -3.81. The lowest BCUT2D eigenvalue weighted by Gasteiger charge is -2.31. The van der Waals surface area contributed by atoms with Gasteiger partial charge in [-0.25, -0.2) is 12.8 Å². The molecule has 11 heteroatoms. The van der Waals surface area contributed by atoms with Crippen LogP contribution in [0.25, 0.3) is 0 Å². The van der Waals surface area contributed by atoms with Crippen molar-refractivity contribution in [3.05, 3.63) is 47.2 Å². The summed E-state index contributed by atoms with van der Waals surface area (Å²) in [6.45, 7) is 1.94. The Hall–Kier alpha value is -2.69. The fourth-order valence-electron chi connectivity index (χ4n) is 3.67. The molecule has 0 bridgehead atoms. The monoisotopic (exact) mass is 481 g/mol. The number of ether oxygens (including phenoxy) is 1. The second-order valence-electron chi connectivity index (χ2n) is 7.70. The van der Waals surface area contributed by atoms with Gasteiger partial charge in [-0.2, -0.15) is 4.31 Å². The van der Waals surface area contributed by atoms with Gasteiger partial charge in [-0.15, -0.1) is 0 Å². The largest absolute Gasteiger partial charge is 0.479 e. The third-order valence-corrected chi connectivity index (χ3v) is 7.72. The molecule has 2 aliphatic heterocycles. The molecule has 4 rings (SSSR count). The first-order chi connectivity index (χ1) is 15.1. The molecule has 0 unspecified atom stereocenters. The van der Waals surface area contributed by atoms with Gasteiger partial charge in [0.15, 0.2) is 6.10 Å². The average Bonchev–Trinajstić information content (AvgIpc) is 2.77. The molecule has 1 saturated heterocycles. The quantitative estimate of drug-likeness (QED) is 0.697. The molecular weight excluding hydrogens is 461 g/mol. The maximum absolute atomic E-state index is 13.3. The average molecular weight is 482 g/mol. The molecule has 0 spiro atoms. The summed E-state index contributed by atoms with van der Waals surface area (Å²) in [6, 6.07) is 8.25. The molecule has 32 heavy (non-hydrogen) atoms. The lowest BCUT2D eigenvalue weighted by molar-refractivity contribution is -0.123. The summed E-state index contributed by atoms with van der Waals surface area (Å²) in [4.78, 5) is 24.4. The molecule has 2 aromatic carbocycles. The highest BCUT2D eigenvalue weighted by Crippen LogP contribution is 2.33. The van der Waals surface area contributed by atoms with Crippen LogP contribution in [0.5, 0.6) is 5.75 Å². The summed E-state index contributed by atoms with van der Waals surface area (Å²) in [6.07, 6.45) is 0.0194. The Morgan fingerprint density at radius 1 is 1.22 bits per heavy atom. The van der Waals surface area contributed by atoms with E-state index in [9.17, 15) is 22.4 Å². The van der Waals surface area contributed by atoms with E-state index < -0.39 is 21.9 Å². The molecule has 2 aliphatic rings.